The van der Waals surface area contributed by atoms with E-state index in [2.05, 4.69) is 77.1 Å². The SMILES string of the molecule is CCCNC(Cc1cc(C)cc(C)c1)C(C)(CC)N(C)C. The summed E-state index contributed by atoms with van der Waals surface area (Å²) in [7, 11) is 4.40. The molecule has 0 aliphatic carbocycles. The molecule has 0 amide bonds. The van der Waals surface area contributed by atoms with Crippen molar-refractivity contribution in [2.24, 2.45) is 0 Å². The number of nitrogens with one attached hydrogen (secondary N) is 1. The van der Waals surface area contributed by atoms with Gasteiger partial charge in [-0.15, -0.1) is 0 Å². The monoisotopic (exact) mass is 290 g/mol. The smallest absolute Gasteiger partial charge is 0.0328 e. The maximum absolute atomic E-state index is 3.79. The van der Waals surface area contributed by atoms with Gasteiger partial charge in [-0.1, -0.05) is 43.2 Å². The summed E-state index contributed by atoms with van der Waals surface area (Å²) < 4.78 is 0. The van der Waals surface area contributed by atoms with Crippen LogP contribution in [0.25, 0.3) is 0 Å². The standard InChI is InChI=1S/C19H34N2/c1-8-10-20-18(19(5,9-2)21(6)7)14-17-12-15(3)11-16(4)13-17/h11-13,18,20H,8-10,14H2,1-7H3. The van der Waals surface area contributed by atoms with Gasteiger partial charge < -0.3 is 10.2 Å². The van der Waals surface area contributed by atoms with Crippen molar-refractivity contribution >= 4 is 0 Å². The summed E-state index contributed by atoms with van der Waals surface area (Å²) in [5.74, 6) is 0. The van der Waals surface area contributed by atoms with Crippen molar-refractivity contribution in [2.45, 2.75) is 65.5 Å². The molecule has 2 atom stereocenters. The number of nitrogens with zero attached hydrogens (tertiary/aromatic N) is 1. The molecule has 21 heavy (non-hydrogen) atoms. The highest BCUT2D eigenvalue weighted by Crippen LogP contribution is 2.24. The molecule has 0 heterocycles. The van der Waals surface area contributed by atoms with Crippen molar-refractivity contribution in [3.05, 3.63) is 34.9 Å². The molecule has 0 bridgehead atoms. The average molecular weight is 290 g/mol. The predicted octanol–water partition coefficient (Wildman–Crippen LogP) is 3.94. The second kappa shape index (κ2) is 7.95. The van der Waals surface area contributed by atoms with Crippen molar-refractivity contribution < 1.29 is 0 Å². The molecule has 0 saturated heterocycles. The van der Waals surface area contributed by atoms with Gasteiger partial charge in [0.25, 0.3) is 0 Å². The molecule has 0 fully saturated rings. The Hall–Kier alpha value is -0.860. The lowest BCUT2D eigenvalue weighted by Gasteiger charge is -2.43. The van der Waals surface area contributed by atoms with Gasteiger partial charge >= 0.3 is 0 Å². The van der Waals surface area contributed by atoms with Crippen LogP contribution in [0.15, 0.2) is 18.2 Å². The molecule has 1 N–H and O–H groups in total. The molecule has 1 rings (SSSR count). The van der Waals surface area contributed by atoms with Gasteiger partial charge in [0.05, 0.1) is 0 Å². The zero-order valence-electron chi connectivity index (χ0n) is 15.1. The maximum atomic E-state index is 3.79. The van der Waals surface area contributed by atoms with Crippen molar-refractivity contribution in [3.8, 4) is 0 Å². The van der Waals surface area contributed by atoms with Gasteiger partial charge in [0.15, 0.2) is 0 Å². The Morgan fingerprint density at radius 1 is 1.10 bits per heavy atom. The molecule has 0 aliphatic rings. The van der Waals surface area contributed by atoms with Gasteiger partial charge in [-0.2, -0.15) is 0 Å². The Kier molecular flexibility index (Phi) is 6.89. The lowest BCUT2D eigenvalue weighted by Crippen LogP contribution is -2.58. The summed E-state index contributed by atoms with van der Waals surface area (Å²) in [5.41, 5.74) is 4.35. The molecular formula is C19H34N2. The second-order valence-corrected chi connectivity index (χ2v) is 6.81. The first-order chi connectivity index (χ1) is 9.83. The fourth-order valence-corrected chi connectivity index (χ4v) is 3.13. The van der Waals surface area contributed by atoms with Crippen LogP contribution in [0, 0.1) is 13.8 Å². The Bertz CT molecular complexity index is 419. The van der Waals surface area contributed by atoms with E-state index in [4.69, 9.17) is 0 Å². The minimum absolute atomic E-state index is 0.173. The number of benzene rings is 1. The van der Waals surface area contributed by atoms with Gasteiger partial charge in [-0.3, -0.25) is 0 Å². The van der Waals surface area contributed by atoms with E-state index in [0.717, 1.165) is 19.4 Å². The van der Waals surface area contributed by atoms with Crippen molar-refractivity contribution in [3.63, 3.8) is 0 Å². The van der Waals surface area contributed by atoms with Crippen LogP contribution >= 0.6 is 0 Å². The molecule has 0 saturated carbocycles. The molecule has 1 aromatic carbocycles. The lowest BCUT2D eigenvalue weighted by molar-refractivity contribution is 0.112. The van der Waals surface area contributed by atoms with Gasteiger partial charge in [-0.25, -0.2) is 0 Å². The molecular weight excluding hydrogens is 256 g/mol. The van der Waals surface area contributed by atoms with Crippen molar-refractivity contribution in [2.75, 3.05) is 20.6 Å². The highest BCUT2D eigenvalue weighted by molar-refractivity contribution is 5.29. The zero-order valence-corrected chi connectivity index (χ0v) is 15.1. The van der Waals surface area contributed by atoms with Crippen LogP contribution in [-0.2, 0) is 6.42 Å². The summed E-state index contributed by atoms with van der Waals surface area (Å²) in [5, 5.41) is 3.79. The van der Waals surface area contributed by atoms with Crippen LogP contribution in [0.3, 0.4) is 0 Å². The molecule has 120 valence electrons. The summed E-state index contributed by atoms with van der Waals surface area (Å²) >= 11 is 0. The van der Waals surface area contributed by atoms with Crippen LogP contribution in [0.2, 0.25) is 0 Å². The Labute approximate surface area is 131 Å². The van der Waals surface area contributed by atoms with E-state index in [9.17, 15) is 0 Å². The Balaban J connectivity index is 3.01. The van der Waals surface area contributed by atoms with Crippen LogP contribution in [-0.4, -0.2) is 37.1 Å². The Morgan fingerprint density at radius 3 is 2.10 bits per heavy atom. The predicted molar refractivity (Wildman–Crippen MR) is 94.1 cm³/mol. The van der Waals surface area contributed by atoms with E-state index in [-0.39, 0.29) is 5.54 Å². The van der Waals surface area contributed by atoms with Gasteiger partial charge in [0.2, 0.25) is 0 Å². The summed E-state index contributed by atoms with van der Waals surface area (Å²) in [6.07, 6.45) is 3.41. The average Bonchev–Trinajstić information content (AvgIpc) is 2.41. The highest BCUT2D eigenvalue weighted by atomic mass is 15.2. The number of hydrogen-bond donors (Lipinski definition) is 1. The fourth-order valence-electron chi connectivity index (χ4n) is 3.13. The van der Waals surface area contributed by atoms with Gasteiger partial charge in [-0.05, 0) is 66.2 Å². The first-order valence-electron chi connectivity index (χ1n) is 8.31. The minimum Gasteiger partial charge on any atom is -0.312 e. The number of rotatable bonds is 8. The van der Waals surface area contributed by atoms with E-state index in [0.29, 0.717) is 6.04 Å². The summed E-state index contributed by atoms with van der Waals surface area (Å²) in [4.78, 5) is 2.38. The molecule has 2 heteroatoms. The van der Waals surface area contributed by atoms with E-state index in [1.54, 1.807) is 0 Å². The molecule has 0 aliphatic heterocycles. The lowest BCUT2D eigenvalue weighted by atomic mass is 9.83. The van der Waals surface area contributed by atoms with Crippen LogP contribution in [0.4, 0.5) is 0 Å². The molecule has 0 aromatic heterocycles. The van der Waals surface area contributed by atoms with E-state index < -0.39 is 0 Å². The number of aryl methyl sites for hydroxylation is 2. The number of likely N-dealkylation sites (N-methyl/N-ethyl adjacent to an activating group) is 1. The first kappa shape index (κ1) is 18.2. The third-order valence-corrected chi connectivity index (χ3v) is 4.85. The van der Waals surface area contributed by atoms with E-state index >= 15 is 0 Å². The van der Waals surface area contributed by atoms with Crippen LogP contribution in [0.1, 0.15) is 50.3 Å². The first-order valence-corrected chi connectivity index (χ1v) is 8.31. The molecule has 0 spiro atoms. The number of hydrogen-bond acceptors (Lipinski definition) is 2. The fraction of sp³-hybridized carbons (Fsp3) is 0.684. The molecule has 1 aromatic rings. The highest BCUT2D eigenvalue weighted by Gasteiger charge is 2.34. The zero-order chi connectivity index (χ0) is 16.0. The Morgan fingerprint density at radius 2 is 1.67 bits per heavy atom. The maximum Gasteiger partial charge on any atom is 0.0328 e. The van der Waals surface area contributed by atoms with Crippen molar-refractivity contribution in [1.29, 1.82) is 0 Å². The largest absolute Gasteiger partial charge is 0.312 e. The minimum atomic E-state index is 0.173. The summed E-state index contributed by atoms with van der Waals surface area (Å²) in [6.45, 7) is 12.4. The molecule has 2 unspecified atom stereocenters. The van der Waals surface area contributed by atoms with E-state index in [1.165, 1.54) is 23.1 Å². The molecule has 0 radical (unpaired) electrons. The third-order valence-electron chi connectivity index (χ3n) is 4.85. The molecule has 2 nitrogen and oxygen atoms in total. The normalized spacial score (nSPS) is 16.0. The topological polar surface area (TPSA) is 15.3 Å². The van der Waals surface area contributed by atoms with Crippen LogP contribution in [0.5, 0.6) is 0 Å². The van der Waals surface area contributed by atoms with Crippen molar-refractivity contribution in [1.82, 2.24) is 10.2 Å². The summed E-state index contributed by atoms with van der Waals surface area (Å²) in [6, 6.07) is 7.39. The van der Waals surface area contributed by atoms with Gasteiger partial charge in [0.1, 0.15) is 0 Å². The third kappa shape index (κ3) is 4.82. The quantitative estimate of drug-likeness (QED) is 0.780. The van der Waals surface area contributed by atoms with Crippen LogP contribution < -0.4 is 5.32 Å². The van der Waals surface area contributed by atoms with Gasteiger partial charge in [0, 0.05) is 11.6 Å². The second-order valence-electron chi connectivity index (χ2n) is 6.81. The van der Waals surface area contributed by atoms with E-state index in [1.807, 2.05) is 0 Å².